The highest BCUT2D eigenvalue weighted by molar-refractivity contribution is 7.99. The van der Waals surface area contributed by atoms with E-state index < -0.39 is 0 Å². The highest BCUT2D eigenvalue weighted by Crippen LogP contribution is 2.29. The summed E-state index contributed by atoms with van der Waals surface area (Å²) >= 11 is 1.40. The monoisotopic (exact) mass is 441 g/mol. The third-order valence-corrected chi connectivity index (χ3v) is 6.12. The van der Waals surface area contributed by atoms with Gasteiger partial charge in [-0.25, -0.2) is 0 Å². The molecule has 1 amide bonds. The van der Waals surface area contributed by atoms with E-state index in [4.69, 9.17) is 9.15 Å². The number of para-hydroxylation sites is 1. The predicted molar refractivity (Wildman–Crippen MR) is 120 cm³/mol. The molecule has 4 rings (SSSR count). The second-order valence-electron chi connectivity index (χ2n) is 7.55. The molecule has 1 saturated heterocycles. The molecule has 1 aromatic carbocycles. The molecule has 0 spiro atoms. The first-order valence-corrected chi connectivity index (χ1v) is 11.3. The van der Waals surface area contributed by atoms with E-state index in [0.717, 1.165) is 41.8 Å². The highest BCUT2D eigenvalue weighted by Gasteiger charge is 2.23. The van der Waals surface area contributed by atoms with Gasteiger partial charge in [0.2, 0.25) is 11.9 Å². The van der Waals surface area contributed by atoms with Crippen LogP contribution in [-0.4, -0.2) is 64.7 Å². The van der Waals surface area contributed by atoms with Crippen molar-refractivity contribution in [2.45, 2.75) is 25.5 Å². The fourth-order valence-electron chi connectivity index (χ4n) is 3.48. The Morgan fingerprint density at radius 2 is 1.90 bits per heavy atom. The molecule has 3 heterocycles. The second-order valence-corrected chi connectivity index (χ2v) is 8.50. The highest BCUT2D eigenvalue weighted by atomic mass is 32.2. The van der Waals surface area contributed by atoms with Crippen molar-refractivity contribution in [3.05, 3.63) is 53.5 Å². The van der Waals surface area contributed by atoms with E-state index in [9.17, 15) is 4.79 Å². The summed E-state index contributed by atoms with van der Waals surface area (Å²) in [6.45, 7) is 7.26. The molecule has 0 radical (unpaired) electrons. The van der Waals surface area contributed by atoms with Crippen molar-refractivity contribution in [3.8, 4) is 5.69 Å². The minimum absolute atomic E-state index is 0.00584. The largest absolute Gasteiger partial charge is 0.464 e. The van der Waals surface area contributed by atoms with Crippen LogP contribution >= 0.6 is 11.8 Å². The van der Waals surface area contributed by atoms with Crippen molar-refractivity contribution >= 4 is 23.6 Å². The van der Waals surface area contributed by atoms with E-state index in [1.165, 1.54) is 11.8 Å². The fourth-order valence-corrected chi connectivity index (χ4v) is 4.36. The van der Waals surface area contributed by atoms with Gasteiger partial charge < -0.3 is 19.0 Å². The first-order valence-electron chi connectivity index (χ1n) is 10.3. The van der Waals surface area contributed by atoms with Crippen molar-refractivity contribution in [3.63, 3.8) is 0 Å². The minimum atomic E-state index is 0.00584. The molecular formula is C22H27N5O3S. The number of benzene rings is 1. The molecule has 31 heavy (non-hydrogen) atoms. The van der Waals surface area contributed by atoms with Gasteiger partial charge >= 0.3 is 0 Å². The predicted octanol–water partition coefficient (Wildman–Crippen LogP) is 3.06. The van der Waals surface area contributed by atoms with E-state index in [-0.39, 0.29) is 11.7 Å². The molecule has 0 aliphatic carbocycles. The zero-order valence-electron chi connectivity index (χ0n) is 18.1. The van der Waals surface area contributed by atoms with Crippen LogP contribution < -0.4 is 4.90 Å². The molecule has 0 N–H and O–H groups in total. The topological polar surface area (TPSA) is 76.6 Å². The van der Waals surface area contributed by atoms with Crippen LogP contribution in [0.4, 0.5) is 5.95 Å². The smallest absolute Gasteiger partial charge is 0.233 e. The molecule has 1 aliphatic heterocycles. The Morgan fingerprint density at radius 1 is 1.13 bits per heavy atom. The summed E-state index contributed by atoms with van der Waals surface area (Å²) in [7, 11) is 1.78. The summed E-state index contributed by atoms with van der Waals surface area (Å²) in [6, 6.07) is 11.9. The fraction of sp³-hybridized carbons (Fsp3) is 0.409. The number of ether oxygens (including phenoxy) is 1. The lowest BCUT2D eigenvalue weighted by Crippen LogP contribution is -2.38. The zero-order valence-corrected chi connectivity index (χ0v) is 18.9. The van der Waals surface area contributed by atoms with Crippen LogP contribution in [-0.2, 0) is 16.1 Å². The molecule has 9 heteroatoms. The van der Waals surface area contributed by atoms with Crippen LogP contribution in [0.25, 0.3) is 5.69 Å². The van der Waals surface area contributed by atoms with Gasteiger partial charge in [0, 0.05) is 20.1 Å². The van der Waals surface area contributed by atoms with E-state index in [0.29, 0.717) is 24.9 Å². The molecule has 8 nitrogen and oxygen atoms in total. The number of carbonyl (C=O) groups is 1. The van der Waals surface area contributed by atoms with Crippen LogP contribution in [0.3, 0.4) is 0 Å². The molecule has 3 aromatic rings. The molecule has 0 atom stereocenters. The zero-order chi connectivity index (χ0) is 21.8. The van der Waals surface area contributed by atoms with Crippen molar-refractivity contribution in [2.75, 3.05) is 44.0 Å². The second kappa shape index (κ2) is 9.57. The Morgan fingerprint density at radius 3 is 2.61 bits per heavy atom. The van der Waals surface area contributed by atoms with Gasteiger partial charge in [0.25, 0.3) is 0 Å². The number of carbonyl (C=O) groups excluding carboxylic acids is 1. The number of aromatic nitrogens is 3. The Hall–Kier alpha value is -2.78. The number of anilines is 1. The van der Waals surface area contributed by atoms with Gasteiger partial charge in [-0.15, -0.1) is 10.2 Å². The molecule has 1 aliphatic rings. The minimum Gasteiger partial charge on any atom is -0.464 e. The average Bonchev–Trinajstić information content (AvgIpc) is 3.38. The van der Waals surface area contributed by atoms with Crippen LogP contribution in [0, 0.1) is 13.8 Å². The Kier molecular flexibility index (Phi) is 6.62. The van der Waals surface area contributed by atoms with Gasteiger partial charge in [-0.2, -0.15) is 0 Å². The number of hydrogen-bond donors (Lipinski definition) is 0. The van der Waals surface area contributed by atoms with Gasteiger partial charge in [0.1, 0.15) is 11.5 Å². The summed E-state index contributed by atoms with van der Waals surface area (Å²) in [5, 5.41) is 9.61. The SMILES string of the molecule is Cc1ccc(CN(C)C(=O)CSc2nnc(N3CCOCC3)n2-c2ccccc2C)o1. The van der Waals surface area contributed by atoms with Gasteiger partial charge in [-0.3, -0.25) is 9.36 Å². The number of morpholine rings is 1. The maximum atomic E-state index is 12.7. The Labute approximate surface area is 186 Å². The normalized spacial score (nSPS) is 14.1. The number of amides is 1. The lowest BCUT2D eigenvalue weighted by molar-refractivity contribution is -0.127. The summed E-state index contributed by atoms with van der Waals surface area (Å²) in [6.07, 6.45) is 0. The van der Waals surface area contributed by atoms with Crippen molar-refractivity contribution in [1.82, 2.24) is 19.7 Å². The molecule has 1 fully saturated rings. The van der Waals surface area contributed by atoms with Crippen LogP contribution in [0.15, 0.2) is 46.0 Å². The van der Waals surface area contributed by atoms with E-state index in [1.807, 2.05) is 31.2 Å². The van der Waals surface area contributed by atoms with E-state index in [1.54, 1.807) is 11.9 Å². The third kappa shape index (κ3) is 4.94. The molecule has 0 saturated carbocycles. The maximum absolute atomic E-state index is 12.7. The molecule has 2 aromatic heterocycles. The number of aryl methyl sites for hydroxylation is 2. The quantitative estimate of drug-likeness (QED) is 0.522. The number of nitrogens with zero attached hydrogens (tertiary/aromatic N) is 5. The van der Waals surface area contributed by atoms with Gasteiger partial charge in [-0.1, -0.05) is 30.0 Å². The van der Waals surface area contributed by atoms with Gasteiger partial charge in [0.05, 0.1) is 31.2 Å². The van der Waals surface area contributed by atoms with Gasteiger partial charge in [0.15, 0.2) is 5.16 Å². The maximum Gasteiger partial charge on any atom is 0.233 e. The molecule has 164 valence electrons. The standard InChI is InChI=1S/C22H27N5O3S/c1-16-6-4-5-7-19(16)27-21(26-10-12-29-13-11-26)23-24-22(27)31-15-20(28)25(3)14-18-9-8-17(2)30-18/h4-9H,10-15H2,1-3H3. The average molecular weight is 442 g/mol. The van der Waals surface area contributed by atoms with Crippen molar-refractivity contribution in [2.24, 2.45) is 0 Å². The summed E-state index contributed by atoms with van der Waals surface area (Å²) in [5.41, 5.74) is 2.14. The van der Waals surface area contributed by atoms with Crippen molar-refractivity contribution < 1.29 is 13.9 Å². The number of furan rings is 1. The summed E-state index contributed by atoms with van der Waals surface area (Å²) < 4.78 is 13.1. The Balaban J connectivity index is 1.53. The van der Waals surface area contributed by atoms with Crippen LogP contribution in [0.5, 0.6) is 0 Å². The summed E-state index contributed by atoms with van der Waals surface area (Å²) in [4.78, 5) is 16.6. The van der Waals surface area contributed by atoms with E-state index >= 15 is 0 Å². The first-order chi connectivity index (χ1) is 15.0. The lowest BCUT2D eigenvalue weighted by atomic mass is 10.2. The van der Waals surface area contributed by atoms with Gasteiger partial charge in [-0.05, 0) is 37.6 Å². The lowest BCUT2D eigenvalue weighted by Gasteiger charge is -2.28. The Bertz CT molecular complexity index is 1040. The molecular weight excluding hydrogens is 414 g/mol. The molecule has 0 bridgehead atoms. The number of rotatable bonds is 7. The summed E-state index contributed by atoms with van der Waals surface area (Å²) in [5.74, 6) is 2.67. The first kappa shape index (κ1) is 21.5. The van der Waals surface area contributed by atoms with Crippen LogP contribution in [0.1, 0.15) is 17.1 Å². The number of thioether (sulfide) groups is 1. The van der Waals surface area contributed by atoms with Crippen LogP contribution in [0.2, 0.25) is 0 Å². The van der Waals surface area contributed by atoms with Crippen molar-refractivity contribution in [1.29, 1.82) is 0 Å². The molecule has 0 unspecified atom stereocenters. The third-order valence-electron chi connectivity index (χ3n) is 5.21. The number of hydrogen-bond acceptors (Lipinski definition) is 7. The van der Waals surface area contributed by atoms with E-state index in [2.05, 4.69) is 38.7 Å².